The first-order valence-electron chi connectivity index (χ1n) is 9.68. The lowest BCUT2D eigenvalue weighted by Crippen LogP contribution is -2.40. The van der Waals surface area contributed by atoms with Gasteiger partial charge in [-0.05, 0) is 54.8 Å². The Labute approximate surface area is 175 Å². The number of rotatable bonds is 6. The summed E-state index contributed by atoms with van der Waals surface area (Å²) in [5.41, 5.74) is 2.97. The summed E-state index contributed by atoms with van der Waals surface area (Å²) in [6, 6.07) is 18.6. The number of carbonyl (C=O) groups excluding carboxylic acids is 3. The lowest BCUT2D eigenvalue weighted by Gasteiger charge is -2.15. The molecule has 2 N–H and O–H groups in total. The van der Waals surface area contributed by atoms with Crippen LogP contribution in [0.1, 0.15) is 28.4 Å². The molecule has 3 aromatic carbocycles. The lowest BCUT2D eigenvalue weighted by molar-refractivity contribution is -0.130. The number of aryl methyl sites for hydroxylation is 2. The minimum absolute atomic E-state index is 0.218. The summed E-state index contributed by atoms with van der Waals surface area (Å²) in [4.78, 5) is 36.8. The zero-order valence-corrected chi connectivity index (χ0v) is 17.2. The number of hydrogen-bond donors (Lipinski definition) is 2. The largest absolute Gasteiger partial charge is 0.449 e. The number of amides is 2. The van der Waals surface area contributed by atoms with Crippen LogP contribution in [0.25, 0.3) is 10.8 Å². The monoisotopic (exact) mass is 404 g/mol. The quantitative estimate of drug-likeness (QED) is 0.613. The second-order valence-corrected chi connectivity index (χ2v) is 7.14. The fourth-order valence-corrected chi connectivity index (χ4v) is 3.10. The van der Waals surface area contributed by atoms with Crippen molar-refractivity contribution in [2.45, 2.75) is 26.9 Å². The molecule has 0 bridgehead atoms. The van der Waals surface area contributed by atoms with E-state index in [0.29, 0.717) is 5.56 Å². The molecule has 0 heterocycles. The summed E-state index contributed by atoms with van der Waals surface area (Å²) in [6.45, 7) is 5.05. The van der Waals surface area contributed by atoms with Crippen LogP contribution in [-0.4, -0.2) is 30.4 Å². The van der Waals surface area contributed by atoms with Gasteiger partial charge >= 0.3 is 5.97 Å². The summed E-state index contributed by atoms with van der Waals surface area (Å²) < 4.78 is 5.25. The first-order chi connectivity index (χ1) is 14.3. The number of carbonyl (C=O) groups is 3. The Morgan fingerprint density at radius 3 is 2.27 bits per heavy atom. The number of esters is 1. The molecule has 0 aliphatic carbocycles. The number of fused-ring (bicyclic) bond motifs is 1. The van der Waals surface area contributed by atoms with Gasteiger partial charge in [0.05, 0.1) is 12.1 Å². The van der Waals surface area contributed by atoms with E-state index in [0.717, 1.165) is 27.6 Å². The van der Waals surface area contributed by atoms with Crippen LogP contribution in [0.4, 0.5) is 5.69 Å². The predicted octanol–water partition coefficient (Wildman–Crippen LogP) is 3.76. The number of hydrogen-bond acceptors (Lipinski definition) is 4. The summed E-state index contributed by atoms with van der Waals surface area (Å²) >= 11 is 0. The van der Waals surface area contributed by atoms with Gasteiger partial charge in [0.1, 0.15) is 0 Å². The molecular weight excluding hydrogens is 380 g/mol. The number of anilines is 1. The van der Waals surface area contributed by atoms with E-state index in [2.05, 4.69) is 10.6 Å². The van der Waals surface area contributed by atoms with Gasteiger partial charge in [-0.25, -0.2) is 4.79 Å². The minimum Gasteiger partial charge on any atom is -0.449 e. The van der Waals surface area contributed by atoms with Gasteiger partial charge in [0.2, 0.25) is 5.91 Å². The number of para-hydroxylation sites is 1. The smallest absolute Gasteiger partial charge is 0.338 e. The molecule has 6 heteroatoms. The lowest BCUT2D eigenvalue weighted by atomic mass is 10.1. The molecule has 3 aromatic rings. The molecule has 30 heavy (non-hydrogen) atoms. The molecule has 0 aliphatic rings. The molecule has 0 radical (unpaired) electrons. The van der Waals surface area contributed by atoms with E-state index in [1.807, 2.05) is 62.4 Å². The van der Waals surface area contributed by atoms with Crippen molar-refractivity contribution < 1.29 is 19.1 Å². The molecule has 2 amide bonds. The number of nitrogens with one attached hydrogen (secondary N) is 2. The van der Waals surface area contributed by atoms with Gasteiger partial charge in [-0.1, -0.05) is 48.5 Å². The zero-order valence-electron chi connectivity index (χ0n) is 17.2. The molecular formula is C24H24N2O4. The highest BCUT2D eigenvalue weighted by Gasteiger charge is 2.20. The van der Waals surface area contributed by atoms with E-state index in [9.17, 15) is 14.4 Å². The molecule has 3 rings (SSSR count). The molecule has 0 saturated carbocycles. The maximum atomic E-state index is 12.4. The molecule has 0 aromatic heterocycles. The van der Waals surface area contributed by atoms with Crippen molar-refractivity contribution >= 4 is 34.2 Å². The first kappa shape index (κ1) is 21.0. The average molecular weight is 404 g/mol. The third kappa shape index (κ3) is 5.03. The molecule has 0 aliphatic heterocycles. The Bertz CT molecular complexity index is 1090. The Balaban J connectivity index is 1.53. The highest BCUT2D eigenvalue weighted by molar-refractivity contribution is 5.98. The predicted molar refractivity (Wildman–Crippen MR) is 116 cm³/mol. The van der Waals surface area contributed by atoms with Gasteiger partial charge in [0, 0.05) is 5.69 Å². The molecule has 1 atom stereocenters. The van der Waals surface area contributed by atoms with Gasteiger partial charge in [0.15, 0.2) is 6.10 Å². The van der Waals surface area contributed by atoms with Crippen LogP contribution in [0.15, 0.2) is 60.7 Å². The van der Waals surface area contributed by atoms with E-state index >= 15 is 0 Å². The molecule has 0 spiro atoms. The van der Waals surface area contributed by atoms with Crippen molar-refractivity contribution in [2.75, 3.05) is 11.9 Å². The molecule has 6 nitrogen and oxygen atoms in total. The molecule has 1 unspecified atom stereocenters. The van der Waals surface area contributed by atoms with Gasteiger partial charge in [-0.2, -0.15) is 0 Å². The minimum atomic E-state index is -1.03. The van der Waals surface area contributed by atoms with Crippen LogP contribution in [0, 0.1) is 13.8 Å². The fourth-order valence-electron chi connectivity index (χ4n) is 3.10. The van der Waals surface area contributed by atoms with Crippen molar-refractivity contribution in [1.29, 1.82) is 0 Å². The van der Waals surface area contributed by atoms with E-state index in [1.165, 1.54) is 6.92 Å². The average Bonchev–Trinajstić information content (AvgIpc) is 2.74. The Hall–Kier alpha value is -3.67. The maximum absolute atomic E-state index is 12.4. The van der Waals surface area contributed by atoms with Gasteiger partial charge < -0.3 is 15.4 Å². The van der Waals surface area contributed by atoms with Gasteiger partial charge in [-0.15, -0.1) is 0 Å². The van der Waals surface area contributed by atoms with Gasteiger partial charge in [0.25, 0.3) is 5.91 Å². The standard InChI is InChI=1S/C24H24N2O4/c1-15-7-6-8-16(2)22(15)26-21(27)14-25-23(28)17(3)30-24(29)20-12-11-18-9-4-5-10-19(18)13-20/h4-13,17H,14H2,1-3H3,(H,25,28)(H,26,27). The Morgan fingerprint density at radius 2 is 1.57 bits per heavy atom. The maximum Gasteiger partial charge on any atom is 0.338 e. The van der Waals surface area contributed by atoms with Crippen LogP contribution in [0.3, 0.4) is 0 Å². The molecule has 0 fully saturated rings. The fraction of sp³-hybridized carbons (Fsp3) is 0.208. The van der Waals surface area contributed by atoms with Crippen LogP contribution >= 0.6 is 0 Å². The highest BCUT2D eigenvalue weighted by atomic mass is 16.5. The van der Waals surface area contributed by atoms with Crippen molar-refractivity contribution in [1.82, 2.24) is 5.32 Å². The Kier molecular flexibility index (Phi) is 6.47. The van der Waals surface area contributed by atoms with Crippen molar-refractivity contribution in [3.63, 3.8) is 0 Å². The summed E-state index contributed by atoms with van der Waals surface area (Å²) in [6.07, 6.45) is -1.03. The van der Waals surface area contributed by atoms with Crippen molar-refractivity contribution in [2.24, 2.45) is 0 Å². The van der Waals surface area contributed by atoms with Crippen LogP contribution in [0.2, 0.25) is 0 Å². The van der Waals surface area contributed by atoms with Crippen molar-refractivity contribution in [3.05, 3.63) is 77.4 Å². The zero-order chi connectivity index (χ0) is 21.7. The third-order valence-corrected chi connectivity index (χ3v) is 4.81. The molecule has 154 valence electrons. The molecule has 0 saturated heterocycles. The SMILES string of the molecule is Cc1cccc(C)c1NC(=O)CNC(=O)C(C)OC(=O)c1ccc2ccccc2c1. The van der Waals surface area contributed by atoms with E-state index < -0.39 is 18.0 Å². The number of benzene rings is 3. The second-order valence-electron chi connectivity index (χ2n) is 7.14. The second kappa shape index (κ2) is 9.22. The van der Waals surface area contributed by atoms with E-state index in [4.69, 9.17) is 4.74 Å². The normalized spacial score (nSPS) is 11.6. The first-order valence-corrected chi connectivity index (χ1v) is 9.68. The Morgan fingerprint density at radius 1 is 0.900 bits per heavy atom. The summed E-state index contributed by atoms with van der Waals surface area (Å²) in [5, 5.41) is 7.21. The summed E-state index contributed by atoms with van der Waals surface area (Å²) in [7, 11) is 0. The van der Waals surface area contributed by atoms with Crippen molar-refractivity contribution in [3.8, 4) is 0 Å². The highest BCUT2D eigenvalue weighted by Crippen LogP contribution is 2.19. The van der Waals surface area contributed by atoms with Crippen LogP contribution < -0.4 is 10.6 Å². The number of ether oxygens (including phenoxy) is 1. The van der Waals surface area contributed by atoms with E-state index in [-0.39, 0.29) is 12.5 Å². The summed E-state index contributed by atoms with van der Waals surface area (Å²) in [5.74, 6) is -1.49. The van der Waals surface area contributed by atoms with E-state index in [1.54, 1.807) is 12.1 Å². The third-order valence-electron chi connectivity index (χ3n) is 4.81. The van der Waals surface area contributed by atoms with Crippen LogP contribution in [0.5, 0.6) is 0 Å². The topological polar surface area (TPSA) is 84.5 Å². The van der Waals surface area contributed by atoms with Gasteiger partial charge in [-0.3, -0.25) is 9.59 Å². The van der Waals surface area contributed by atoms with Crippen LogP contribution in [-0.2, 0) is 14.3 Å².